The number of hydrogen-bond acceptors (Lipinski definition) is 5. The molecule has 0 aromatic carbocycles. The molecule has 0 atom stereocenters. The first-order chi connectivity index (χ1) is 5.41. The molecule has 0 aliphatic heterocycles. The van der Waals surface area contributed by atoms with Crippen molar-refractivity contribution in [3.63, 3.8) is 0 Å². The van der Waals surface area contributed by atoms with E-state index in [1.54, 1.807) is 0 Å². The Morgan fingerprint density at radius 2 is 1.73 bits per heavy atom. The molecule has 0 amide bonds. The summed E-state index contributed by atoms with van der Waals surface area (Å²) in [5.74, 6) is 0. The number of nitrogens with zero attached hydrogens (tertiary/aromatic N) is 1. The SMILES string of the molecule is N=NCCNCCNCCN. The third kappa shape index (κ3) is 9.48. The summed E-state index contributed by atoms with van der Waals surface area (Å²) in [7, 11) is 0. The van der Waals surface area contributed by atoms with Crippen molar-refractivity contribution in [2.75, 3.05) is 39.3 Å². The summed E-state index contributed by atoms with van der Waals surface area (Å²) < 4.78 is 0. The molecule has 0 unspecified atom stereocenters. The van der Waals surface area contributed by atoms with Crippen molar-refractivity contribution in [1.82, 2.24) is 10.6 Å². The van der Waals surface area contributed by atoms with Gasteiger partial charge in [-0.25, -0.2) is 5.53 Å². The van der Waals surface area contributed by atoms with Crippen LogP contribution in [0.2, 0.25) is 0 Å². The van der Waals surface area contributed by atoms with E-state index in [9.17, 15) is 0 Å². The fourth-order valence-electron chi connectivity index (χ4n) is 0.664. The standard InChI is InChI=1S/C6H17N5/c7-1-2-9-3-4-10-5-6-11-8/h8-10H,1-7H2. The average molecular weight is 159 g/mol. The van der Waals surface area contributed by atoms with Crippen LogP contribution >= 0.6 is 0 Å². The van der Waals surface area contributed by atoms with Gasteiger partial charge in [0, 0.05) is 32.7 Å². The molecule has 0 aliphatic carbocycles. The van der Waals surface area contributed by atoms with Gasteiger partial charge in [0.25, 0.3) is 0 Å². The molecule has 5 nitrogen and oxygen atoms in total. The Kier molecular flexibility index (Phi) is 9.03. The lowest BCUT2D eigenvalue weighted by molar-refractivity contribution is 0.613. The maximum Gasteiger partial charge on any atom is 0.0721 e. The highest BCUT2D eigenvalue weighted by Crippen LogP contribution is 1.64. The molecular formula is C6H17N5. The summed E-state index contributed by atoms with van der Waals surface area (Å²) in [6.45, 7) is 4.74. The summed E-state index contributed by atoms with van der Waals surface area (Å²) in [6.07, 6.45) is 0. The molecule has 0 saturated heterocycles. The molecule has 0 fully saturated rings. The predicted molar refractivity (Wildman–Crippen MR) is 44.8 cm³/mol. The summed E-state index contributed by atoms with van der Waals surface area (Å²) in [5.41, 5.74) is 11.8. The minimum Gasteiger partial charge on any atom is -0.329 e. The second-order valence-electron chi connectivity index (χ2n) is 2.17. The maximum absolute atomic E-state index is 6.50. The quantitative estimate of drug-likeness (QED) is 0.275. The average Bonchev–Trinajstić information content (AvgIpc) is 2.03. The Bertz CT molecular complexity index is 85.0. The van der Waals surface area contributed by atoms with E-state index in [1.165, 1.54) is 0 Å². The fourth-order valence-corrected chi connectivity index (χ4v) is 0.664. The van der Waals surface area contributed by atoms with Gasteiger partial charge in [0.2, 0.25) is 0 Å². The molecule has 0 aliphatic rings. The van der Waals surface area contributed by atoms with Crippen molar-refractivity contribution in [3.05, 3.63) is 0 Å². The van der Waals surface area contributed by atoms with Gasteiger partial charge in [0.1, 0.15) is 0 Å². The van der Waals surface area contributed by atoms with Crippen LogP contribution < -0.4 is 16.4 Å². The highest BCUT2D eigenvalue weighted by atomic mass is 15.0. The van der Waals surface area contributed by atoms with Crippen molar-refractivity contribution in [1.29, 1.82) is 5.53 Å². The molecule has 0 aromatic rings. The van der Waals surface area contributed by atoms with E-state index in [0.717, 1.165) is 26.2 Å². The summed E-state index contributed by atoms with van der Waals surface area (Å²) in [5, 5.41) is 9.49. The number of nitrogens with two attached hydrogens (primary N) is 1. The van der Waals surface area contributed by atoms with Crippen LogP contribution in [0.1, 0.15) is 0 Å². The van der Waals surface area contributed by atoms with Gasteiger partial charge < -0.3 is 16.4 Å². The van der Waals surface area contributed by atoms with Crippen molar-refractivity contribution in [3.8, 4) is 0 Å². The molecule has 0 saturated carbocycles. The molecule has 5 heteroatoms. The number of rotatable bonds is 8. The smallest absolute Gasteiger partial charge is 0.0721 e. The van der Waals surface area contributed by atoms with Crippen LogP contribution in [0.3, 0.4) is 0 Å². The second kappa shape index (κ2) is 9.48. The van der Waals surface area contributed by atoms with Crippen molar-refractivity contribution in [2.24, 2.45) is 10.8 Å². The van der Waals surface area contributed by atoms with Gasteiger partial charge >= 0.3 is 0 Å². The van der Waals surface area contributed by atoms with Gasteiger partial charge in [-0.05, 0) is 0 Å². The van der Waals surface area contributed by atoms with Crippen molar-refractivity contribution in [2.45, 2.75) is 0 Å². The van der Waals surface area contributed by atoms with Crippen LogP contribution in [-0.2, 0) is 0 Å². The molecule has 0 radical (unpaired) electrons. The van der Waals surface area contributed by atoms with E-state index >= 15 is 0 Å². The molecule has 0 aromatic heterocycles. The fraction of sp³-hybridized carbons (Fsp3) is 1.00. The molecular weight excluding hydrogens is 142 g/mol. The number of nitrogens with one attached hydrogen (secondary N) is 3. The lowest BCUT2D eigenvalue weighted by Crippen LogP contribution is -2.31. The third-order valence-electron chi connectivity index (χ3n) is 1.20. The van der Waals surface area contributed by atoms with E-state index in [2.05, 4.69) is 15.7 Å². The molecule has 0 rings (SSSR count). The van der Waals surface area contributed by atoms with Crippen LogP contribution in [0.15, 0.2) is 5.11 Å². The van der Waals surface area contributed by atoms with E-state index < -0.39 is 0 Å². The lowest BCUT2D eigenvalue weighted by atomic mass is 10.5. The zero-order valence-corrected chi connectivity index (χ0v) is 6.77. The van der Waals surface area contributed by atoms with Gasteiger partial charge in [-0.15, -0.1) is 0 Å². The Morgan fingerprint density at radius 3 is 2.27 bits per heavy atom. The van der Waals surface area contributed by atoms with Gasteiger partial charge in [-0.2, -0.15) is 5.11 Å². The zero-order chi connectivity index (χ0) is 8.36. The highest BCUT2D eigenvalue weighted by molar-refractivity contribution is 4.52. The topological polar surface area (TPSA) is 86.3 Å². The van der Waals surface area contributed by atoms with E-state index in [1.807, 2.05) is 0 Å². The Hall–Kier alpha value is -0.520. The Morgan fingerprint density at radius 1 is 1.09 bits per heavy atom. The highest BCUT2D eigenvalue weighted by Gasteiger charge is 1.85. The second-order valence-corrected chi connectivity index (χ2v) is 2.17. The zero-order valence-electron chi connectivity index (χ0n) is 6.77. The van der Waals surface area contributed by atoms with Crippen LogP contribution in [0.5, 0.6) is 0 Å². The van der Waals surface area contributed by atoms with Gasteiger partial charge in [-0.3, -0.25) is 0 Å². The van der Waals surface area contributed by atoms with Crippen molar-refractivity contribution >= 4 is 0 Å². The van der Waals surface area contributed by atoms with Gasteiger partial charge in [0.05, 0.1) is 6.54 Å². The van der Waals surface area contributed by atoms with Crippen LogP contribution in [0.25, 0.3) is 0 Å². The first-order valence-corrected chi connectivity index (χ1v) is 3.86. The molecule has 66 valence electrons. The summed E-state index contributed by atoms with van der Waals surface area (Å²) in [6, 6.07) is 0. The van der Waals surface area contributed by atoms with Crippen molar-refractivity contribution < 1.29 is 0 Å². The Balaban J connectivity index is 2.74. The minimum atomic E-state index is 0.566. The molecule has 11 heavy (non-hydrogen) atoms. The van der Waals surface area contributed by atoms with Crippen LogP contribution in [0, 0.1) is 5.53 Å². The first kappa shape index (κ1) is 10.5. The largest absolute Gasteiger partial charge is 0.329 e. The third-order valence-corrected chi connectivity index (χ3v) is 1.20. The number of hydrogen-bond donors (Lipinski definition) is 4. The summed E-state index contributed by atoms with van der Waals surface area (Å²) >= 11 is 0. The van der Waals surface area contributed by atoms with Gasteiger partial charge in [0.15, 0.2) is 0 Å². The monoisotopic (exact) mass is 159 g/mol. The summed E-state index contributed by atoms with van der Waals surface area (Å²) in [4.78, 5) is 0. The minimum absolute atomic E-state index is 0.566. The van der Waals surface area contributed by atoms with E-state index in [-0.39, 0.29) is 0 Å². The van der Waals surface area contributed by atoms with E-state index in [0.29, 0.717) is 13.1 Å². The van der Waals surface area contributed by atoms with Crippen LogP contribution in [0.4, 0.5) is 0 Å². The molecule has 0 heterocycles. The normalized spacial score (nSPS) is 9.91. The molecule has 0 spiro atoms. The molecule has 5 N–H and O–H groups in total. The Labute approximate surface area is 67.2 Å². The van der Waals surface area contributed by atoms with E-state index in [4.69, 9.17) is 11.3 Å². The van der Waals surface area contributed by atoms with Crippen LogP contribution in [-0.4, -0.2) is 39.3 Å². The maximum atomic E-state index is 6.50. The van der Waals surface area contributed by atoms with Gasteiger partial charge in [-0.1, -0.05) is 0 Å². The lowest BCUT2D eigenvalue weighted by Gasteiger charge is -2.02. The predicted octanol–water partition coefficient (Wildman–Crippen LogP) is -0.845. The molecule has 0 bridgehead atoms. The first-order valence-electron chi connectivity index (χ1n) is 3.86.